The van der Waals surface area contributed by atoms with Crippen molar-refractivity contribution in [3.63, 3.8) is 0 Å². The Hall–Kier alpha value is -4.35. The van der Waals surface area contributed by atoms with Crippen molar-refractivity contribution in [1.29, 1.82) is 10.5 Å². The molecule has 0 atom stereocenters. The van der Waals surface area contributed by atoms with Crippen LogP contribution >= 0.6 is 0 Å². The van der Waals surface area contributed by atoms with Crippen molar-refractivity contribution < 1.29 is 41.9 Å². The number of nitriles is 1. The minimum absolute atomic E-state index is 0. The zero-order chi connectivity index (χ0) is 24.6. The molecule has 35 heavy (non-hydrogen) atoms. The first-order valence-electron chi connectivity index (χ1n) is 9.44. The molecule has 0 aliphatic carbocycles. The van der Waals surface area contributed by atoms with Crippen molar-refractivity contribution in [2.45, 2.75) is 6.92 Å². The van der Waals surface area contributed by atoms with Crippen molar-refractivity contribution >= 4 is 23.8 Å². The van der Waals surface area contributed by atoms with Gasteiger partial charge in [-0.15, -0.1) is 0 Å². The summed E-state index contributed by atoms with van der Waals surface area (Å²) in [5, 5.41) is 38.0. The fraction of sp³-hybridized carbons (Fsp3) is 0.120. The molecule has 3 rings (SSSR count). The fourth-order valence-electron chi connectivity index (χ4n) is 2.55. The van der Waals surface area contributed by atoms with Gasteiger partial charge in [0.15, 0.2) is 0 Å². The van der Waals surface area contributed by atoms with Gasteiger partial charge in [0.05, 0.1) is 31.7 Å². The van der Waals surface area contributed by atoms with Gasteiger partial charge in [-0.1, -0.05) is 47.9 Å². The molecule has 0 amide bonds. The molecule has 2 N–H and O–H groups in total. The van der Waals surface area contributed by atoms with E-state index in [0.29, 0.717) is 22.5 Å². The maximum absolute atomic E-state index is 12.2. The predicted molar refractivity (Wildman–Crippen MR) is 126 cm³/mol. The minimum atomic E-state index is -0.234. The molecule has 0 bridgehead atoms. The van der Waals surface area contributed by atoms with Gasteiger partial charge in [-0.25, -0.2) is 0 Å². The largest absolute Gasteiger partial charge is 3.00 e. The maximum atomic E-state index is 12.2. The first-order chi connectivity index (χ1) is 16.0. The standard InChI is InChI=1S/C22H20N2O4.C2H3N.CN.Co.H2O/c1-27-19-11-5-7-15(21(19)25)13-23-17-9-3-4-10-18(17)24-14-16-8-6-12-20(28-2)22(16)26;1-2-3;1-2;;/h3-14,25-26H,1-2H3;1H3;;;1H2/q;;-1;+3;/p-2. The first-order valence-corrected chi connectivity index (χ1v) is 9.44. The second-order valence-corrected chi connectivity index (χ2v) is 5.99. The second kappa shape index (κ2) is 18.1. The van der Waals surface area contributed by atoms with Gasteiger partial charge in [0, 0.05) is 19.4 Å². The second-order valence-electron chi connectivity index (χ2n) is 5.99. The van der Waals surface area contributed by atoms with Crippen molar-refractivity contribution in [2.75, 3.05) is 14.2 Å². The van der Waals surface area contributed by atoms with E-state index in [9.17, 15) is 10.2 Å². The smallest absolute Gasteiger partial charge is 0.870 e. The van der Waals surface area contributed by atoms with Crippen molar-refractivity contribution in [3.8, 4) is 29.1 Å². The average Bonchev–Trinajstić information content (AvgIpc) is 2.85. The number of methoxy groups -OCH3 is 2. The number of ether oxygens (including phenoxy) is 2. The summed E-state index contributed by atoms with van der Waals surface area (Å²) in [6.45, 7) is 6.18. The van der Waals surface area contributed by atoms with E-state index in [1.165, 1.54) is 33.6 Å². The Balaban J connectivity index is 0. The van der Waals surface area contributed by atoms with Crippen molar-refractivity contribution in [2.24, 2.45) is 9.98 Å². The third-order valence-corrected chi connectivity index (χ3v) is 4.03. The Bertz CT molecular complexity index is 1090. The Morgan fingerprint density at radius 2 is 1.11 bits per heavy atom. The van der Waals surface area contributed by atoms with Gasteiger partial charge in [0.2, 0.25) is 0 Å². The molecule has 0 heterocycles. The number of benzene rings is 3. The summed E-state index contributed by atoms with van der Waals surface area (Å²) >= 11 is 0. The molecule has 0 saturated carbocycles. The summed E-state index contributed by atoms with van der Waals surface area (Å²) in [5.74, 6) is 0.0525. The molecule has 0 fully saturated rings. The third kappa shape index (κ3) is 9.58. The minimum Gasteiger partial charge on any atom is -0.870 e. The molecule has 0 spiro atoms. The van der Waals surface area contributed by atoms with E-state index in [1.54, 1.807) is 54.6 Å². The fourth-order valence-corrected chi connectivity index (χ4v) is 2.55. The Morgan fingerprint density at radius 1 is 0.771 bits per heavy atom. The number of para-hydroxylation sites is 4. The van der Waals surface area contributed by atoms with E-state index in [1.807, 2.05) is 12.1 Å². The van der Waals surface area contributed by atoms with Crippen LogP contribution in [0.25, 0.3) is 0 Å². The Labute approximate surface area is 214 Å². The zero-order valence-corrected chi connectivity index (χ0v) is 20.2. The summed E-state index contributed by atoms with van der Waals surface area (Å²) < 4.78 is 10.1. The van der Waals surface area contributed by atoms with Gasteiger partial charge in [0.1, 0.15) is 11.5 Å². The summed E-state index contributed by atoms with van der Waals surface area (Å²) in [6.07, 6.45) is 2.95. The van der Waals surface area contributed by atoms with E-state index in [-0.39, 0.29) is 45.3 Å². The van der Waals surface area contributed by atoms with Crippen LogP contribution in [0.5, 0.6) is 23.0 Å². The molecular formula is C25H23CoN4O5. The third-order valence-electron chi connectivity index (χ3n) is 4.03. The maximum Gasteiger partial charge on any atom is 3.00 e. The molecule has 182 valence electrons. The number of rotatable bonds is 6. The Kier molecular flexibility index (Phi) is 17.0. The molecule has 0 unspecified atom stereocenters. The topological polar surface area (TPSA) is 168 Å². The quantitative estimate of drug-likeness (QED) is 0.359. The van der Waals surface area contributed by atoms with Crippen LogP contribution < -0.4 is 19.7 Å². The Morgan fingerprint density at radius 3 is 1.43 bits per heavy atom. The molecule has 10 heteroatoms. The van der Waals surface area contributed by atoms with Crippen LogP contribution in [0, 0.1) is 23.2 Å². The van der Waals surface area contributed by atoms with Crippen LogP contribution in [0.2, 0.25) is 0 Å². The van der Waals surface area contributed by atoms with E-state index in [2.05, 4.69) is 9.98 Å². The molecule has 3 aromatic rings. The molecule has 0 saturated heterocycles. The average molecular weight is 518 g/mol. The SMILES string of the molecule is CC#N.COc1cccc(C=Nc2ccccc2N=Cc2cccc(OC)c2[O-])c1[O-].O.[C-]#N.[Co+3]. The number of nitrogens with zero attached hydrogens (tertiary/aromatic N) is 4. The van der Waals surface area contributed by atoms with Crippen LogP contribution in [0.4, 0.5) is 11.4 Å². The molecule has 3 aromatic carbocycles. The van der Waals surface area contributed by atoms with Crippen LogP contribution in [0.1, 0.15) is 18.1 Å². The number of hydrogen-bond acceptors (Lipinski definition) is 8. The van der Waals surface area contributed by atoms with E-state index >= 15 is 0 Å². The van der Waals surface area contributed by atoms with Crippen LogP contribution in [0.15, 0.2) is 70.6 Å². The van der Waals surface area contributed by atoms with Crippen molar-refractivity contribution in [3.05, 3.63) is 78.4 Å². The van der Waals surface area contributed by atoms with E-state index < -0.39 is 0 Å². The molecule has 0 radical (unpaired) electrons. The van der Waals surface area contributed by atoms with E-state index in [0.717, 1.165) is 0 Å². The molecular weight excluding hydrogens is 495 g/mol. The first kappa shape index (κ1) is 32.8. The van der Waals surface area contributed by atoms with Gasteiger partial charge in [0.25, 0.3) is 0 Å². The predicted octanol–water partition coefficient (Wildman–Crippen LogP) is 3.15. The van der Waals surface area contributed by atoms with Gasteiger partial charge in [-0.2, -0.15) is 5.26 Å². The molecule has 0 aliphatic heterocycles. The molecule has 0 aliphatic rings. The summed E-state index contributed by atoms with van der Waals surface area (Å²) in [7, 11) is 2.90. The monoisotopic (exact) mass is 518 g/mol. The number of hydrogen-bond donors (Lipinski definition) is 0. The normalized spacial score (nSPS) is 9.26. The summed E-state index contributed by atoms with van der Waals surface area (Å²) in [6, 6.07) is 18.9. The number of aliphatic imine (C=N–C) groups is 2. The van der Waals surface area contributed by atoms with Gasteiger partial charge < -0.3 is 37.0 Å². The van der Waals surface area contributed by atoms with Gasteiger partial charge in [-0.3, -0.25) is 9.98 Å². The van der Waals surface area contributed by atoms with Crippen molar-refractivity contribution in [1.82, 2.24) is 0 Å². The van der Waals surface area contributed by atoms with Gasteiger partial charge in [-0.05, 0) is 35.4 Å². The van der Waals surface area contributed by atoms with Crippen LogP contribution in [-0.2, 0) is 16.8 Å². The van der Waals surface area contributed by atoms with Gasteiger partial charge >= 0.3 is 16.8 Å². The van der Waals surface area contributed by atoms with Crippen LogP contribution in [-0.4, -0.2) is 32.1 Å². The summed E-state index contributed by atoms with van der Waals surface area (Å²) in [4.78, 5) is 8.77. The van der Waals surface area contributed by atoms with Crippen LogP contribution in [0.3, 0.4) is 0 Å². The summed E-state index contributed by atoms with van der Waals surface area (Å²) in [5.41, 5.74) is 1.95. The molecule has 9 nitrogen and oxygen atoms in total. The van der Waals surface area contributed by atoms with E-state index in [4.69, 9.17) is 26.6 Å². The molecule has 0 aromatic heterocycles. The zero-order valence-electron chi connectivity index (χ0n) is 19.2.